The Balaban J connectivity index is 2.26. The van der Waals surface area contributed by atoms with Crippen LogP contribution in [0.5, 0.6) is 0 Å². The second kappa shape index (κ2) is 5.08. The van der Waals surface area contributed by atoms with E-state index >= 15 is 0 Å². The van der Waals surface area contributed by atoms with E-state index in [4.69, 9.17) is 0 Å². The number of benzene rings is 2. The van der Waals surface area contributed by atoms with Crippen molar-refractivity contribution in [1.82, 2.24) is 0 Å². The largest absolute Gasteiger partial charge is 0.374 e. The van der Waals surface area contributed by atoms with E-state index in [-0.39, 0.29) is 0 Å². The molecule has 1 heteroatoms. The molecule has 1 unspecified atom stereocenters. The van der Waals surface area contributed by atoms with Crippen LogP contribution in [0.2, 0.25) is 0 Å². The van der Waals surface area contributed by atoms with Crippen molar-refractivity contribution in [2.24, 2.45) is 0 Å². The van der Waals surface area contributed by atoms with E-state index in [0.29, 0.717) is 0 Å². The molecule has 0 radical (unpaired) electrons. The number of hydrogen-bond acceptors (Lipinski definition) is 1. The van der Waals surface area contributed by atoms with Crippen molar-refractivity contribution in [3.63, 3.8) is 0 Å². The summed E-state index contributed by atoms with van der Waals surface area (Å²) in [7, 11) is 0. The smallest absolute Gasteiger partial charge is 0.148 e. The SMILES string of the molecule is Cc1ccc(C#CC(C)(O)c2ccccc2)cc1. The van der Waals surface area contributed by atoms with Gasteiger partial charge in [-0.15, -0.1) is 0 Å². The molecule has 2 rings (SSSR count). The molecule has 0 heterocycles. The van der Waals surface area contributed by atoms with E-state index in [1.54, 1.807) is 6.92 Å². The third-order valence-electron chi connectivity index (χ3n) is 2.84. The lowest BCUT2D eigenvalue weighted by Gasteiger charge is -2.16. The van der Waals surface area contributed by atoms with E-state index in [2.05, 4.69) is 11.8 Å². The third kappa shape index (κ3) is 3.00. The first-order valence-corrected chi connectivity index (χ1v) is 5.96. The van der Waals surface area contributed by atoms with Gasteiger partial charge in [0.2, 0.25) is 0 Å². The van der Waals surface area contributed by atoms with Crippen LogP contribution >= 0.6 is 0 Å². The summed E-state index contributed by atoms with van der Waals surface area (Å²) in [4.78, 5) is 0. The summed E-state index contributed by atoms with van der Waals surface area (Å²) < 4.78 is 0. The average Bonchev–Trinajstić information content (AvgIpc) is 2.39. The second-order valence-corrected chi connectivity index (χ2v) is 4.55. The van der Waals surface area contributed by atoms with Gasteiger partial charge in [0.05, 0.1) is 0 Å². The fourth-order valence-corrected chi connectivity index (χ4v) is 1.67. The topological polar surface area (TPSA) is 20.2 Å². The molecular formula is C17H16O. The number of aryl methyl sites for hydroxylation is 1. The van der Waals surface area contributed by atoms with Gasteiger partial charge in [0.15, 0.2) is 0 Å². The van der Waals surface area contributed by atoms with E-state index in [9.17, 15) is 5.11 Å². The fourth-order valence-electron chi connectivity index (χ4n) is 1.67. The van der Waals surface area contributed by atoms with E-state index in [0.717, 1.165) is 11.1 Å². The van der Waals surface area contributed by atoms with Gasteiger partial charge in [-0.1, -0.05) is 59.9 Å². The zero-order valence-corrected chi connectivity index (χ0v) is 10.6. The van der Waals surface area contributed by atoms with Gasteiger partial charge in [0.1, 0.15) is 5.60 Å². The predicted octanol–water partition coefficient (Wildman–Crippen LogP) is 3.25. The fraction of sp³-hybridized carbons (Fsp3) is 0.176. The second-order valence-electron chi connectivity index (χ2n) is 4.55. The summed E-state index contributed by atoms with van der Waals surface area (Å²) in [5.41, 5.74) is 1.81. The van der Waals surface area contributed by atoms with Gasteiger partial charge in [0.25, 0.3) is 0 Å². The zero-order chi connectivity index (χ0) is 13.0. The summed E-state index contributed by atoms with van der Waals surface area (Å²) in [6, 6.07) is 17.4. The van der Waals surface area contributed by atoms with E-state index < -0.39 is 5.60 Å². The first kappa shape index (κ1) is 12.4. The molecule has 0 bridgehead atoms. The molecule has 0 saturated heterocycles. The molecule has 0 amide bonds. The Kier molecular flexibility index (Phi) is 3.50. The molecule has 0 saturated carbocycles. The first-order valence-electron chi connectivity index (χ1n) is 5.96. The van der Waals surface area contributed by atoms with Crippen molar-refractivity contribution in [2.75, 3.05) is 0 Å². The number of rotatable bonds is 1. The Hall–Kier alpha value is -2.04. The van der Waals surface area contributed by atoms with Gasteiger partial charge in [-0.2, -0.15) is 0 Å². The maximum atomic E-state index is 10.3. The van der Waals surface area contributed by atoms with E-state index in [1.165, 1.54) is 5.56 Å². The summed E-state index contributed by atoms with van der Waals surface area (Å²) in [6.45, 7) is 3.75. The molecule has 1 nitrogen and oxygen atoms in total. The maximum absolute atomic E-state index is 10.3. The summed E-state index contributed by atoms with van der Waals surface area (Å²) >= 11 is 0. The molecule has 1 N–H and O–H groups in total. The van der Waals surface area contributed by atoms with Gasteiger partial charge in [-0.25, -0.2) is 0 Å². The molecule has 0 aromatic heterocycles. The quantitative estimate of drug-likeness (QED) is 0.753. The van der Waals surface area contributed by atoms with E-state index in [1.807, 2.05) is 61.5 Å². The lowest BCUT2D eigenvalue weighted by Crippen LogP contribution is -2.18. The lowest BCUT2D eigenvalue weighted by molar-refractivity contribution is 0.122. The Morgan fingerprint density at radius 3 is 2.17 bits per heavy atom. The van der Waals surface area contributed by atoms with Crippen LogP contribution < -0.4 is 0 Å². The molecule has 0 aliphatic carbocycles. The Morgan fingerprint density at radius 1 is 0.944 bits per heavy atom. The lowest BCUT2D eigenvalue weighted by atomic mass is 9.96. The predicted molar refractivity (Wildman–Crippen MR) is 74.1 cm³/mol. The van der Waals surface area contributed by atoms with Gasteiger partial charge in [0, 0.05) is 5.56 Å². The molecule has 0 aliphatic heterocycles. The molecular weight excluding hydrogens is 220 g/mol. The minimum atomic E-state index is -1.12. The maximum Gasteiger partial charge on any atom is 0.148 e. The van der Waals surface area contributed by atoms with Crippen molar-refractivity contribution in [3.05, 3.63) is 71.3 Å². The Morgan fingerprint density at radius 2 is 1.56 bits per heavy atom. The Bertz CT molecular complexity index is 569. The van der Waals surface area contributed by atoms with Gasteiger partial charge in [-0.3, -0.25) is 0 Å². The molecule has 0 fully saturated rings. The van der Waals surface area contributed by atoms with Crippen molar-refractivity contribution in [1.29, 1.82) is 0 Å². The molecule has 0 spiro atoms. The first-order chi connectivity index (χ1) is 8.58. The van der Waals surface area contributed by atoms with Gasteiger partial charge in [-0.05, 0) is 31.5 Å². The summed E-state index contributed by atoms with van der Waals surface area (Å²) in [5.74, 6) is 5.93. The summed E-state index contributed by atoms with van der Waals surface area (Å²) in [6.07, 6.45) is 0. The normalized spacial score (nSPS) is 13.3. The molecule has 90 valence electrons. The molecule has 0 aliphatic rings. The van der Waals surface area contributed by atoms with Crippen LogP contribution in [0.15, 0.2) is 54.6 Å². The molecule has 1 atom stereocenters. The molecule has 2 aromatic rings. The van der Waals surface area contributed by atoms with Crippen LogP contribution in [0.4, 0.5) is 0 Å². The van der Waals surface area contributed by atoms with Crippen LogP contribution in [0, 0.1) is 18.8 Å². The highest BCUT2D eigenvalue weighted by Crippen LogP contribution is 2.19. The van der Waals surface area contributed by atoms with Crippen molar-refractivity contribution >= 4 is 0 Å². The van der Waals surface area contributed by atoms with Crippen molar-refractivity contribution in [2.45, 2.75) is 19.4 Å². The third-order valence-corrected chi connectivity index (χ3v) is 2.84. The zero-order valence-electron chi connectivity index (χ0n) is 10.6. The average molecular weight is 236 g/mol. The molecule has 2 aromatic carbocycles. The standard InChI is InChI=1S/C17H16O/c1-14-8-10-15(11-9-14)12-13-17(2,18)16-6-4-3-5-7-16/h3-11,18H,1-2H3. The highest BCUT2D eigenvalue weighted by molar-refractivity contribution is 5.40. The van der Waals surface area contributed by atoms with Crippen molar-refractivity contribution in [3.8, 4) is 11.8 Å². The highest BCUT2D eigenvalue weighted by atomic mass is 16.3. The number of aliphatic hydroxyl groups is 1. The Labute approximate surface area is 108 Å². The minimum absolute atomic E-state index is 0.810. The van der Waals surface area contributed by atoms with Crippen LogP contribution in [0.25, 0.3) is 0 Å². The number of hydrogen-bond donors (Lipinski definition) is 1. The van der Waals surface area contributed by atoms with Crippen LogP contribution in [0.3, 0.4) is 0 Å². The van der Waals surface area contributed by atoms with Crippen molar-refractivity contribution < 1.29 is 5.11 Å². The van der Waals surface area contributed by atoms with Crippen LogP contribution in [0.1, 0.15) is 23.6 Å². The minimum Gasteiger partial charge on any atom is -0.374 e. The molecule has 18 heavy (non-hydrogen) atoms. The monoisotopic (exact) mass is 236 g/mol. The van der Waals surface area contributed by atoms with Crippen LogP contribution in [-0.4, -0.2) is 5.11 Å². The summed E-state index contributed by atoms with van der Waals surface area (Å²) in [5, 5.41) is 10.3. The van der Waals surface area contributed by atoms with Crippen LogP contribution in [-0.2, 0) is 5.60 Å². The van der Waals surface area contributed by atoms with Gasteiger partial charge >= 0.3 is 0 Å². The van der Waals surface area contributed by atoms with Gasteiger partial charge < -0.3 is 5.11 Å². The highest BCUT2D eigenvalue weighted by Gasteiger charge is 2.18.